The number of fused-ring (bicyclic) bond motifs is 1. The zero-order valence-corrected chi connectivity index (χ0v) is 12.5. The van der Waals surface area contributed by atoms with Gasteiger partial charge in [0.15, 0.2) is 0 Å². The van der Waals surface area contributed by atoms with E-state index in [2.05, 4.69) is 0 Å². The molecule has 0 saturated heterocycles. The van der Waals surface area contributed by atoms with Crippen molar-refractivity contribution >= 4 is 28.5 Å². The molecule has 0 radical (unpaired) electrons. The van der Waals surface area contributed by atoms with Crippen LogP contribution in [0.15, 0.2) is 48.5 Å². The molecule has 2 aromatic carbocycles. The van der Waals surface area contributed by atoms with Crippen LogP contribution in [-0.4, -0.2) is 17.6 Å². The highest BCUT2D eigenvalue weighted by atomic mass is 35.5. The number of hydrogen-bond acceptors (Lipinski definition) is 2. The molecule has 0 saturated carbocycles. The highest BCUT2D eigenvalue weighted by Gasteiger charge is 2.23. The maximum atomic E-state index is 12.2. The summed E-state index contributed by atoms with van der Waals surface area (Å²) in [5, 5.41) is 1.59. The SMILES string of the molecule is COC(=O)c1c(-c2ccccc2Cl)c2ccccc2n1C. The number of hydrogen-bond donors (Lipinski definition) is 0. The Kier molecular flexibility index (Phi) is 3.43. The third kappa shape index (κ3) is 2.10. The number of carbonyl (C=O) groups is 1. The molecular weight excluding hydrogens is 286 g/mol. The van der Waals surface area contributed by atoms with Crippen molar-refractivity contribution in [3.8, 4) is 11.1 Å². The molecule has 0 spiro atoms. The number of benzene rings is 2. The first kappa shape index (κ1) is 13.7. The second-order valence-electron chi connectivity index (χ2n) is 4.77. The molecule has 3 nitrogen and oxygen atoms in total. The van der Waals surface area contributed by atoms with Gasteiger partial charge in [0.25, 0.3) is 0 Å². The molecule has 3 aromatic rings. The number of nitrogens with zero attached hydrogens (tertiary/aromatic N) is 1. The lowest BCUT2D eigenvalue weighted by molar-refractivity contribution is 0.0591. The smallest absolute Gasteiger partial charge is 0.355 e. The van der Waals surface area contributed by atoms with Gasteiger partial charge in [-0.3, -0.25) is 0 Å². The highest BCUT2D eigenvalue weighted by Crippen LogP contribution is 2.38. The quantitative estimate of drug-likeness (QED) is 0.661. The third-order valence-electron chi connectivity index (χ3n) is 3.63. The molecule has 0 aliphatic carbocycles. The first-order valence-corrected chi connectivity index (χ1v) is 6.93. The Hall–Kier alpha value is -2.26. The molecule has 0 unspecified atom stereocenters. The number of aromatic nitrogens is 1. The van der Waals surface area contributed by atoms with Crippen molar-refractivity contribution < 1.29 is 9.53 Å². The molecule has 0 bridgehead atoms. The average Bonchev–Trinajstić information content (AvgIpc) is 2.80. The van der Waals surface area contributed by atoms with Gasteiger partial charge in [-0.1, -0.05) is 48.0 Å². The van der Waals surface area contributed by atoms with Crippen molar-refractivity contribution in [1.29, 1.82) is 0 Å². The van der Waals surface area contributed by atoms with Gasteiger partial charge in [-0.2, -0.15) is 0 Å². The van der Waals surface area contributed by atoms with Crippen molar-refractivity contribution in [2.24, 2.45) is 7.05 Å². The summed E-state index contributed by atoms with van der Waals surface area (Å²) < 4.78 is 6.79. The number of ether oxygens (including phenoxy) is 1. The van der Waals surface area contributed by atoms with Crippen LogP contribution >= 0.6 is 11.6 Å². The average molecular weight is 300 g/mol. The van der Waals surface area contributed by atoms with Crippen molar-refractivity contribution in [2.45, 2.75) is 0 Å². The van der Waals surface area contributed by atoms with E-state index in [0.717, 1.165) is 22.0 Å². The number of aryl methyl sites for hydroxylation is 1. The number of para-hydroxylation sites is 1. The number of esters is 1. The Bertz CT molecular complexity index is 836. The van der Waals surface area contributed by atoms with Gasteiger partial charge in [0, 0.05) is 34.1 Å². The normalized spacial score (nSPS) is 10.8. The van der Waals surface area contributed by atoms with E-state index in [9.17, 15) is 4.79 Å². The maximum absolute atomic E-state index is 12.2. The van der Waals surface area contributed by atoms with E-state index >= 15 is 0 Å². The van der Waals surface area contributed by atoms with Gasteiger partial charge in [0.05, 0.1) is 7.11 Å². The first-order chi connectivity index (χ1) is 10.1. The number of halogens is 1. The highest BCUT2D eigenvalue weighted by molar-refractivity contribution is 6.34. The lowest BCUT2D eigenvalue weighted by Gasteiger charge is -2.07. The minimum Gasteiger partial charge on any atom is -0.464 e. The van der Waals surface area contributed by atoms with Crippen LogP contribution < -0.4 is 0 Å². The molecule has 0 atom stereocenters. The first-order valence-electron chi connectivity index (χ1n) is 6.55. The molecule has 0 amide bonds. The van der Waals surface area contributed by atoms with Crippen LogP contribution in [0.25, 0.3) is 22.0 Å². The standard InChI is InChI=1S/C17H14ClNO2/c1-19-14-10-6-4-8-12(14)15(16(19)17(20)21-2)11-7-3-5-9-13(11)18/h3-10H,1-2H3. The third-order valence-corrected chi connectivity index (χ3v) is 3.96. The van der Waals surface area contributed by atoms with Crippen LogP contribution in [0.2, 0.25) is 5.02 Å². The van der Waals surface area contributed by atoms with E-state index in [-0.39, 0.29) is 5.97 Å². The zero-order chi connectivity index (χ0) is 15.0. The predicted octanol–water partition coefficient (Wildman–Crippen LogP) is 4.29. The Morgan fingerprint density at radius 2 is 1.76 bits per heavy atom. The van der Waals surface area contributed by atoms with Gasteiger partial charge in [0.1, 0.15) is 5.69 Å². The fourth-order valence-corrected chi connectivity index (χ4v) is 2.90. The van der Waals surface area contributed by atoms with Crippen LogP contribution in [0.5, 0.6) is 0 Å². The Morgan fingerprint density at radius 3 is 2.48 bits per heavy atom. The van der Waals surface area contributed by atoms with Crippen LogP contribution in [0.4, 0.5) is 0 Å². The Balaban J connectivity index is 2.45. The summed E-state index contributed by atoms with van der Waals surface area (Å²) in [7, 11) is 3.24. The van der Waals surface area contributed by atoms with Gasteiger partial charge in [-0.05, 0) is 12.1 Å². The van der Waals surface area contributed by atoms with E-state index in [4.69, 9.17) is 16.3 Å². The fraction of sp³-hybridized carbons (Fsp3) is 0.118. The minimum atomic E-state index is -0.372. The van der Waals surface area contributed by atoms with E-state index in [1.165, 1.54) is 7.11 Å². The van der Waals surface area contributed by atoms with Crippen LogP contribution in [0, 0.1) is 0 Å². The summed E-state index contributed by atoms with van der Waals surface area (Å²) in [4.78, 5) is 12.2. The number of carbonyl (C=O) groups excluding carboxylic acids is 1. The molecule has 0 aliphatic heterocycles. The van der Waals surface area contributed by atoms with E-state index in [1.54, 1.807) is 0 Å². The molecule has 1 aromatic heterocycles. The van der Waals surface area contributed by atoms with Crippen LogP contribution in [0.3, 0.4) is 0 Å². The summed E-state index contributed by atoms with van der Waals surface area (Å²) in [6.07, 6.45) is 0. The lowest BCUT2D eigenvalue weighted by Crippen LogP contribution is -2.08. The van der Waals surface area contributed by atoms with Gasteiger partial charge >= 0.3 is 5.97 Å². The summed E-state index contributed by atoms with van der Waals surface area (Å²) in [5.41, 5.74) is 3.11. The van der Waals surface area contributed by atoms with Gasteiger partial charge in [-0.15, -0.1) is 0 Å². The monoisotopic (exact) mass is 299 g/mol. The van der Waals surface area contributed by atoms with Crippen LogP contribution in [-0.2, 0) is 11.8 Å². The summed E-state index contributed by atoms with van der Waals surface area (Å²) in [6.45, 7) is 0. The van der Waals surface area contributed by atoms with E-state index < -0.39 is 0 Å². The van der Waals surface area contributed by atoms with Gasteiger partial charge in [0.2, 0.25) is 0 Å². The topological polar surface area (TPSA) is 31.2 Å². The van der Waals surface area contributed by atoms with Crippen molar-refractivity contribution in [1.82, 2.24) is 4.57 Å². The second-order valence-corrected chi connectivity index (χ2v) is 5.18. The molecule has 21 heavy (non-hydrogen) atoms. The van der Waals surface area contributed by atoms with Crippen LogP contribution in [0.1, 0.15) is 10.5 Å². The lowest BCUT2D eigenvalue weighted by atomic mass is 10.0. The predicted molar refractivity (Wildman–Crippen MR) is 84.7 cm³/mol. The second kappa shape index (κ2) is 5.26. The largest absolute Gasteiger partial charge is 0.464 e. The van der Waals surface area contributed by atoms with Crippen molar-refractivity contribution in [3.63, 3.8) is 0 Å². The molecule has 0 aliphatic rings. The van der Waals surface area contributed by atoms with Gasteiger partial charge < -0.3 is 9.30 Å². The number of rotatable bonds is 2. The Morgan fingerprint density at radius 1 is 1.10 bits per heavy atom. The summed E-state index contributed by atoms with van der Waals surface area (Å²) >= 11 is 6.33. The molecule has 0 N–H and O–H groups in total. The van der Waals surface area contributed by atoms with E-state index in [1.807, 2.05) is 60.1 Å². The maximum Gasteiger partial charge on any atom is 0.355 e. The fourth-order valence-electron chi connectivity index (χ4n) is 2.67. The Labute approximate surface area is 127 Å². The molecule has 0 fully saturated rings. The van der Waals surface area contributed by atoms with Gasteiger partial charge in [-0.25, -0.2) is 4.79 Å². The van der Waals surface area contributed by atoms with E-state index in [0.29, 0.717) is 10.7 Å². The summed E-state index contributed by atoms with van der Waals surface area (Å²) in [6, 6.07) is 15.4. The molecular formula is C17H14ClNO2. The molecule has 106 valence electrons. The van der Waals surface area contributed by atoms with Crippen molar-refractivity contribution in [3.05, 3.63) is 59.2 Å². The van der Waals surface area contributed by atoms with Crippen molar-refractivity contribution in [2.75, 3.05) is 7.11 Å². The minimum absolute atomic E-state index is 0.372. The molecule has 1 heterocycles. The number of methoxy groups -OCH3 is 1. The molecule has 4 heteroatoms. The zero-order valence-electron chi connectivity index (χ0n) is 11.8. The summed E-state index contributed by atoms with van der Waals surface area (Å²) in [5.74, 6) is -0.372. The molecule has 3 rings (SSSR count).